The van der Waals surface area contributed by atoms with Gasteiger partial charge in [0.25, 0.3) is 5.91 Å². The fourth-order valence-electron chi connectivity index (χ4n) is 2.59. The van der Waals surface area contributed by atoms with E-state index in [1.807, 2.05) is 37.3 Å². The molecule has 0 bridgehead atoms. The number of amides is 3. The molecule has 0 fully saturated rings. The second-order valence-electron chi connectivity index (χ2n) is 6.11. The molecule has 3 amide bonds. The third-order valence-corrected chi connectivity index (χ3v) is 5.14. The summed E-state index contributed by atoms with van der Waals surface area (Å²) in [5.41, 5.74) is 1.11. The Morgan fingerprint density at radius 3 is 2.41 bits per heavy atom. The number of nitrogens with one attached hydrogen (secondary N) is 2. The van der Waals surface area contributed by atoms with Gasteiger partial charge in [0.15, 0.2) is 6.10 Å². The topological polar surface area (TPSA) is 116 Å². The van der Waals surface area contributed by atoms with Crippen molar-refractivity contribution in [2.45, 2.75) is 50.5 Å². The summed E-state index contributed by atoms with van der Waals surface area (Å²) in [5, 5.41) is 23.5. The average Bonchev–Trinajstić information content (AvgIpc) is 2.66. The van der Waals surface area contributed by atoms with Crippen LogP contribution in [0.3, 0.4) is 0 Å². The summed E-state index contributed by atoms with van der Waals surface area (Å²) < 4.78 is 0. The molecule has 0 saturated heterocycles. The number of aliphatic hydroxyl groups is 2. The van der Waals surface area contributed by atoms with Crippen molar-refractivity contribution in [2.24, 2.45) is 0 Å². The van der Waals surface area contributed by atoms with Crippen LogP contribution in [0.2, 0.25) is 0 Å². The number of carbonyl (C=O) groups is 3. The van der Waals surface area contributed by atoms with E-state index >= 15 is 0 Å². The largest absolute Gasteiger partial charge is 0.387 e. The third kappa shape index (κ3) is 8.55. The second kappa shape index (κ2) is 12.5. The molecule has 8 heteroatoms. The zero-order valence-electron chi connectivity index (χ0n) is 15.7. The highest BCUT2D eigenvalue weighted by Gasteiger charge is 2.32. The maximum atomic E-state index is 12.2. The standard InChI is InChI=1S/C19H28N2O5S/c1-3-27-13(2)17(20-16(24)12-22)18(25)19(26)21-15(23)11-7-10-14-8-5-4-6-9-14/h4-6,8-9,13,17-18,22,25H,3,7,10-12H2,1-2H3,(H,20,24)(H,21,23,26). The molecule has 1 aromatic rings. The van der Waals surface area contributed by atoms with E-state index in [0.29, 0.717) is 12.8 Å². The Bertz CT molecular complexity index is 611. The molecule has 3 unspecified atom stereocenters. The van der Waals surface area contributed by atoms with Crippen molar-refractivity contribution in [2.75, 3.05) is 12.4 Å². The minimum Gasteiger partial charge on any atom is -0.387 e. The molecule has 0 saturated carbocycles. The fourth-order valence-corrected chi connectivity index (χ4v) is 3.54. The predicted molar refractivity (Wildman–Crippen MR) is 105 cm³/mol. The first kappa shape index (κ1) is 23.1. The van der Waals surface area contributed by atoms with Crippen LogP contribution in [-0.2, 0) is 20.8 Å². The predicted octanol–water partition coefficient (Wildman–Crippen LogP) is 0.632. The molecule has 3 atom stereocenters. The first-order valence-electron chi connectivity index (χ1n) is 8.96. The van der Waals surface area contributed by atoms with E-state index in [-0.39, 0.29) is 11.7 Å². The second-order valence-corrected chi connectivity index (χ2v) is 7.76. The highest BCUT2D eigenvalue weighted by Crippen LogP contribution is 2.17. The lowest BCUT2D eigenvalue weighted by atomic mass is 10.1. The molecule has 7 nitrogen and oxygen atoms in total. The van der Waals surface area contributed by atoms with Crippen LogP contribution in [0.4, 0.5) is 0 Å². The molecule has 0 radical (unpaired) electrons. The van der Waals surface area contributed by atoms with E-state index < -0.39 is 36.5 Å². The van der Waals surface area contributed by atoms with Crippen molar-refractivity contribution in [1.29, 1.82) is 0 Å². The Morgan fingerprint density at radius 2 is 1.81 bits per heavy atom. The normalized spacial score (nSPS) is 14.1. The number of aliphatic hydroxyl groups excluding tert-OH is 2. The van der Waals surface area contributed by atoms with Crippen molar-refractivity contribution in [1.82, 2.24) is 10.6 Å². The van der Waals surface area contributed by atoms with Crippen molar-refractivity contribution < 1.29 is 24.6 Å². The number of hydrogen-bond acceptors (Lipinski definition) is 6. The number of aryl methyl sites for hydroxylation is 1. The first-order chi connectivity index (χ1) is 12.9. The van der Waals surface area contributed by atoms with Gasteiger partial charge in [-0.1, -0.05) is 44.2 Å². The van der Waals surface area contributed by atoms with Crippen molar-refractivity contribution in [3.8, 4) is 0 Å². The molecule has 150 valence electrons. The molecule has 0 aromatic heterocycles. The molecule has 0 aliphatic carbocycles. The van der Waals surface area contributed by atoms with Gasteiger partial charge >= 0.3 is 0 Å². The lowest BCUT2D eigenvalue weighted by molar-refractivity contribution is -0.137. The van der Waals surface area contributed by atoms with Crippen molar-refractivity contribution in [3.05, 3.63) is 35.9 Å². The molecular formula is C19H28N2O5S. The molecule has 0 heterocycles. The smallest absolute Gasteiger partial charge is 0.257 e. The van der Waals surface area contributed by atoms with Crippen LogP contribution in [0.15, 0.2) is 30.3 Å². The number of thioether (sulfide) groups is 1. The minimum absolute atomic E-state index is 0.153. The van der Waals surface area contributed by atoms with Crippen LogP contribution in [0.1, 0.15) is 32.3 Å². The zero-order chi connectivity index (χ0) is 20.2. The summed E-state index contributed by atoms with van der Waals surface area (Å²) in [6.45, 7) is 2.93. The number of rotatable bonds is 11. The lowest BCUT2D eigenvalue weighted by Gasteiger charge is -2.28. The molecule has 0 spiro atoms. The summed E-state index contributed by atoms with van der Waals surface area (Å²) in [6.07, 6.45) is -0.149. The van der Waals surface area contributed by atoms with Gasteiger partial charge in [-0.05, 0) is 24.2 Å². The van der Waals surface area contributed by atoms with Crippen molar-refractivity contribution in [3.63, 3.8) is 0 Å². The van der Waals surface area contributed by atoms with E-state index in [2.05, 4.69) is 10.6 Å². The van der Waals surface area contributed by atoms with Crippen LogP contribution in [0, 0.1) is 0 Å². The molecule has 0 aliphatic heterocycles. The maximum absolute atomic E-state index is 12.2. The summed E-state index contributed by atoms with van der Waals surface area (Å²) >= 11 is 1.45. The van der Waals surface area contributed by atoms with Gasteiger partial charge in [-0.3, -0.25) is 19.7 Å². The summed E-state index contributed by atoms with van der Waals surface area (Å²) in [6, 6.07) is 8.78. The van der Waals surface area contributed by atoms with Gasteiger partial charge in [-0.25, -0.2) is 0 Å². The van der Waals surface area contributed by atoms with E-state index in [0.717, 1.165) is 11.3 Å². The number of benzene rings is 1. The van der Waals surface area contributed by atoms with E-state index in [9.17, 15) is 19.5 Å². The molecule has 1 aromatic carbocycles. The minimum atomic E-state index is -1.59. The Kier molecular flexibility index (Phi) is 10.7. The van der Waals surface area contributed by atoms with Crippen LogP contribution in [0.25, 0.3) is 0 Å². The molecule has 1 rings (SSSR count). The van der Waals surface area contributed by atoms with Gasteiger partial charge < -0.3 is 15.5 Å². The van der Waals surface area contributed by atoms with Crippen molar-refractivity contribution >= 4 is 29.5 Å². The zero-order valence-corrected chi connectivity index (χ0v) is 16.5. The van der Waals surface area contributed by atoms with E-state index in [1.54, 1.807) is 6.92 Å². The number of carbonyl (C=O) groups excluding carboxylic acids is 3. The number of imide groups is 1. The SMILES string of the molecule is CCSC(C)C(NC(=O)CO)C(O)C(=O)NC(=O)CCCc1ccccc1. The van der Waals surface area contributed by atoms with Crippen LogP contribution >= 0.6 is 11.8 Å². The quantitative estimate of drug-likeness (QED) is 0.436. The Labute approximate surface area is 163 Å². The highest BCUT2D eigenvalue weighted by molar-refractivity contribution is 7.99. The number of hydrogen-bond donors (Lipinski definition) is 4. The van der Waals surface area contributed by atoms with Crippen LogP contribution in [0.5, 0.6) is 0 Å². The van der Waals surface area contributed by atoms with Gasteiger partial charge in [-0.15, -0.1) is 0 Å². The Hall–Kier alpha value is -1.90. The Morgan fingerprint density at radius 1 is 1.15 bits per heavy atom. The van der Waals surface area contributed by atoms with E-state index in [4.69, 9.17) is 5.11 Å². The van der Waals surface area contributed by atoms with Gasteiger partial charge in [-0.2, -0.15) is 11.8 Å². The van der Waals surface area contributed by atoms with Gasteiger partial charge in [0, 0.05) is 11.7 Å². The Balaban J connectivity index is 2.54. The summed E-state index contributed by atoms with van der Waals surface area (Å²) in [5.74, 6) is -1.30. The summed E-state index contributed by atoms with van der Waals surface area (Å²) in [7, 11) is 0. The van der Waals surface area contributed by atoms with E-state index in [1.165, 1.54) is 11.8 Å². The first-order valence-corrected chi connectivity index (χ1v) is 10.0. The maximum Gasteiger partial charge on any atom is 0.257 e. The highest BCUT2D eigenvalue weighted by atomic mass is 32.2. The summed E-state index contributed by atoms with van der Waals surface area (Å²) in [4.78, 5) is 35.6. The van der Waals surface area contributed by atoms with Gasteiger partial charge in [0.05, 0.1) is 6.04 Å². The van der Waals surface area contributed by atoms with Gasteiger partial charge in [0.1, 0.15) is 6.61 Å². The molecular weight excluding hydrogens is 368 g/mol. The molecule has 4 N–H and O–H groups in total. The van der Waals surface area contributed by atoms with Crippen LogP contribution in [-0.4, -0.2) is 57.7 Å². The lowest BCUT2D eigenvalue weighted by Crippen LogP contribution is -2.55. The van der Waals surface area contributed by atoms with Gasteiger partial charge in [0.2, 0.25) is 11.8 Å². The third-order valence-electron chi connectivity index (χ3n) is 3.99. The fraction of sp³-hybridized carbons (Fsp3) is 0.526. The molecule has 0 aliphatic rings. The monoisotopic (exact) mass is 396 g/mol. The van der Waals surface area contributed by atoms with Crippen LogP contribution < -0.4 is 10.6 Å². The molecule has 27 heavy (non-hydrogen) atoms. The average molecular weight is 397 g/mol.